The van der Waals surface area contributed by atoms with Crippen LogP contribution in [-0.2, 0) is 21.2 Å². The first kappa shape index (κ1) is 16.3. The van der Waals surface area contributed by atoms with Crippen molar-refractivity contribution in [3.63, 3.8) is 0 Å². The van der Waals surface area contributed by atoms with Crippen LogP contribution in [0.15, 0.2) is 24.3 Å². The lowest BCUT2D eigenvalue weighted by Crippen LogP contribution is -2.29. The Balaban J connectivity index is 2.71. The smallest absolute Gasteiger partial charge is 0.406 e. The van der Waals surface area contributed by atoms with E-state index in [2.05, 4.69) is 4.74 Å². The molecule has 20 heavy (non-hydrogen) atoms. The predicted octanol–water partition coefficient (Wildman–Crippen LogP) is 1.59. The molecule has 1 aromatic carbocycles. The molecule has 0 saturated carbocycles. The van der Waals surface area contributed by atoms with Crippen molar-refractivity contribution < 1.29 is 31.1 Å². The average molecular weight is 311 g/mol. The van der Waals surface area contributed by atoms with Gasteiger partial charge in [-0.1, -0.05) is 18.2 Å². The van der Waals surface area contributed by atoms with Crippen molar-refractivity contribution in [1.29, 1.82) is 0 Å². The van der Waals surface area contributed by atoms with Gasteiger partial charge in [-0.15, -0.1) is 13.2 Å². The number of carbonyl (C=O) groups is 1. The Morgan fingerprint density at radius 2 is 1.90 bits per heavy atom. The summed E-state index contributed by atoms with van der Waals surface area (Å²) in [5.41, 5.74) is 0.161. The van der Waals surface area contributed by atoms with E-state index in [0.29, 0.717) is 0 Å². The molecule has 0 radical (unpaired) electrons. The molecule has 0 unspecified atom stereocenters. The molecule has 1 N–H and O–H groups in total. The van der Waals surface area contributed by atoms with Crippen LogP contribution in [0.2, 0.25) is 0 Å². The molecule has 0 atom stereocenters. The lowest BCUT2D eigenvalue weighted by molar-refractivity contribution is -0.274. The molecule has 5 nitrogen and oxygen atoms in total. The highest BCUT2D eigenvalue weighted by molar-refractivity contribution is 7.89. The first-order valence-corrected chi connectivity index (χ1v) is 7.30. The van der Waals surface area contributed by atoms with E-state index in [4.69, 9.17) is 0 Å². The second-order valence-electron chi connectivity index (χ2n) is 3.95. The molecule has 9 heteroatoms. The Labute approximate surface area is 113 Å². The summed E-state index contributed by atoms with van der Waals surface area (Å²) < 4.78 is 63.6. The van der Waals surface area contributed by atoms with Crippen LogP contribution in [0.1, 0.15) is 12.0 Å². The second kappa shape index (κ2) is 6.12. The van der Waals surface area contributed by atoms with Crippen molar-refractivity contribution in [1.82, 2.24) is 4.72 Å². The average Bonchev–Trinajstić information content (AvgIpc) is 2.23. The Morgan fingerprint density at radius 1 is 1.30 bits per heavy atom. The number of benzene rings is 1. The minimum atomic E-state index is -4.83. The predicted molar refractivity (Wildman–Crippen MR) is 64.4 cm³/mol. The number of ether oxygens (including phenoxy) is 1. The zero-order chi connectivity index (χ0) is 15.4. The third kappa shape index (κ3) is 6.41. The maximum absolute atomic E-state index is 12.2. The first-order chi connectivity index (χ1) is 9.07. The fourth-order valence-corrected chi connectivity index (χ4v) is 1.96. The number of sulfonamides is 1. The van der Waals surface area contributed by atoms with E-state index in [1.165, 1.54) is 18.2 Å². The van der Waals surface area contributed by atoms with Gasteiger partial charge < -0.3 is 4.74 Å². The number of amides is 1. The molecule has 0 heterocycles. The van der Waals surface area contributed by atoms with E-state index >= 15 is 0 Å². The van der Waals surface area contributed by atoms with Gasteiger partial charge in [0, 0.05) is 6.42 Å². The third-order valence-corrected chi connectivity index (χ3v) is 2.72. The van der Waals surface area contributed by atoms with Gasteiger partial charge in [0.15, 0.2) is 0 Å². The topological polar surface area (TPSA) is 72.5 Å². The monoisotopic (exact) mass is 311 g/mol. The molecule has 0 aliphatic heterocycles. The summed E-state index contributed by atoms with van der Waals surface area (Å²) >= 11 is 0. The quantitative estimate of drug-likeness (QED) is 0.896. The van der Waals surface area contributed by atoms with E-state index in [9.17, 15) is 26.4 Å². The third-order valence-electron chi connectivity index (χ3n) is 2.12. The Hall–Kier alpha value is -1.77. The number of hydrogen-bond acceptors (Lipinski definition) is 4. The van der Waals surface area contributed by atoms with Crippen molar-refractivity contribution in [3.05, 3.63) is 29.8 Å². The molecule has 0 fully saturated rings. The molecular formula is C11H12F3NO4S. The molecule has 112 valence electrons. The molecule has 1 rings (SSSR count). The molecule has 0 aliphatic carbocycles. The summed E-state index contributed by atoms with van der Waals surface area (Å²) in [4.78, 5) is 11.3. The van der Waals surface area contributed by atoms with Crippen LogP contribution in [0.5, 0.6) is 5.75 Å². The lowest BCUT2D eigenvalue weighted by atomic mass is 10.1. The number of halogens is 3. The van der Waals surface area contributed by atoms with E-state index < -0.39 is 28.0 Å². The van der Waals surface area contributed by atoms with Crippen molar-refractivity contribution in [3.8, 4) is 5.75 Å². The van der Waals surface area contributed by atoms with Crippen LogP contribution in [0.25, 0.3) is 0 Å². The van der Waals surface area contributed by atoms with Crippen LogP contribution >= 0.6 is 0 Å². The van der Waals surface area contributed by atoms with Crippen molar-refractivity contribution in [2.24, 2.45) is 0 Å². The maximum Gasteiger partial charge on any atom is 0.573 e. The molecule has 1 amide bonds. The summed E-state index contributed by atoms with van der Waals surface area (Å²) in [6.07, 6.45) is -4.37. The molecular weight excluding hydrogens is 299 g/mol. The van der Waals surface area contributed by atoms with Crippen LogP contribution in [0.4, 0.5) is 13.2 Å². The highest BCUT2D eigenvalue weighted by atomic mass is 32.2. The normalized spacial score (nSPS) is 12.0. The summed E-state index contributed by atoms with van der Waals surface area (Å²) in [5, 5.41) is 0. The first-order valence-electron chi connectivity index (χ1n) is 5.41. The molecule has 1 aromatic rings. The lowest BCUT2D eigenvalue weighted by Gasteiger charge is -2.12. The van der Waals surface area contributed by atoms with E-state index in [0.717, 1.165) is 12.3 Å². The number of carbonyl (C=O) groups excluding carboxylic acids is 1. The minimum absolute atomic E-state index is 0.0758. The van der Waals surface area contributed by atoms with Gasteiger partial charge in [0.2, 0.25) is 15.9 Å². The van der Waals surface area contributed by atoms with Gasteiger partial charge in [-0.25, -0.2) is 8.42 Å². The molecule has 0 aliphatic rings. The van der Waals surface area contributed by atoms with Gasteiger partial charge in [0.05, 0.1) is 6.26 Å². The van der Waals surface area contributed by atoms with E-state index in [-0.39, 0.29) is 18.4 Å². The molecule has 0 bridgehead atoms. The van der Waals surface area contributed by atoms with Gasteiger partial charge in [0.1, 0.15) is 5.75 Å². The van der Waals surface area contributed by atoms with E-state index in [1.54, 1.807) is 4.72 Å². The molecule has 0 saturated heterocycles. The van der Waals surface area contributed by atoms with Crippen molar-refractivity contribution in [2.75, 3.05) is 6.26 Å². The fourth-order valence-electron chi connectivity index (χ4n) is 1.44. The Morgan fingerprint density at radius 3 is 2.45 bits per heavy atom. The van der Waals surface area contributed by atoms with Crippen LogP contribution in [-0.4, -0.2) is 26.9 Å². The number of aryl methyl sites for hydroxylation is 1. The van der Waals surface area contributed by atoms with Gasteiger partial charge in [0.25, 0.3) is 0 Å². The highest BCUT2D eigenvalue weighted by Crippen LogP contribution is 2.26. The molecule has 0 aromatic heterocycles. The zero-order valence-corrected chi connectivity index (χ0v) is 11.2. The van der Waals surface area contributed by atoms with Gasteiger partial charge in [-0.05, 0) is 18.1 Å². The summed E-state index contributed by atoms with van der Waals surface area (Å²) in [6, 6.07) is 5.35. The number of nitrogens with one attached hydrogen (secondary N) is 1. The van der Waals surface area contributed by atoms with Gasteiger partial charge in [-0.3, -0.25) is 9.52 Å². The number of alkyl halides is 3. The summed E-state index contributed by atoms with van der Waals surface area (Å²) in [6.45, 7) is 0. The van der Waals surface area contributed by atoms with Crippen LogP contribution in [0, 0.1) is 0 Å². The van der Waals surface area contributed by atoms with Crippen molar-refractivity contribution >= 4 is 15.9 Å². The summed E-state index contributed by atoms with van der Waals surface area (Å²) in [5.74, 6) is -1.21. The van der Waals surface area contributed by atoms with Gasteiger partial charge >= 0.3 is 6.36 Å². The fraction of sp³-hybridized carbons (Fsp3) is 0.364. The van der Waals surface area contributed by atoms with Crippen LogP contribution < -0.4 is 9.46 Å². The molecule has 0 spiro atoms. The SMILES string of the molecule is CS(=O)(=O)NC(=O)CCc1ccccc1OC(F)(F)F. The van der Waals surface area contributed by atoms with Crippen molar-refractivity contribution in [2.45, 2.75) is 19.2 Å². The minimum Gasteiger partial charge on any atom is -0.406 e. The maximum atomic E-state index is 12.2. The van der Waals surface area contributed by atoms with Crippen LogP contribution in [0.3, 0.4) is 0 Å². The number of para-hydroxylation sites is 1. The van der Waals surface area contributed by atoms with Gasteiger partial charge in [-0.2, -0.15) is 0 Å². The Kier molecular flexibility index (Phi) is 4.98. The number of hydrogen-bond donors (Lipinski definition) is 1. The number of rotatable bonds is 5. The zero-order valence-electron chi connectivity index (χ0n) is 10.4. The summed E-state index contributed by atoms with van der Waals surface area (Å²) in [7, 11) is -3.68. The second-order valence-corrected chi connectivity index (χ2v) is 5.70. The largest absolute Gasteiger partial charge is 0.573 e. The Bertz CT molecular complexity index is 584. The van der Waals surface area contributed by atoms with E-state index in [1.807, 2.05) is 0 Å². The highest BCUT2D eigenvalue weighted by Gasteiger charge is 2.31. The standard InChI is InChI=1S/C11H12F3NO4S/c1-20(17,18)15-10(16)7-6-8-4-2-3-5-9(8)19-11(12,13)14/h2-5H,6-7H2,1H3,(H,15,16).